The highest BCUT2D eigenvalue weighted by Gasteiger charge is 2.19. The predicted molar refractivity (Wildman–Crippen MR) is 108 cm³/mol. The van der Waals surface area contributed by atoms with Crippen LogP contribution in [0, 0.1) is 0 Å². The molecule has 8 nitrogen and oxygen atoms in total. The van der Waals surface area contributed by atoms with Crippen molar-refractivity contribution in [3.8, 4) is 22.9 Å². The summed E-state index contributed by atoms with van der Waals surface area (Å²) in [6.45, 7) is 1.30. The van der Waals surface area contributed by atoms with Crippen molar-refractivity contribution in [3.05, 3.63) is 60.0 Å². The van der Waals surface area contributed by atoms with Gasteiger partial charge in [-0.2, -0.15) is 4.98 Å². The topological polar surface area (TPSA) is 95.7 Å². The average molecular weight is 409 g/mol. The number of methoxy groups -OCH3 is 1. The van der Waals surface area contributed by atoms with E-state index in [0.717, 1.165) is 30.8 Å². The van der Waals surface area contributed by atoms with Gasteiger partial charge in [0.2, 0.25) is 5.82 Å². The molecular weight excluding hydrogens is 386 g/mol. The largest absolute Gasteiger partial charge is 0.497 e. The first-order valence-electron chi connectivity index (χ1n) is 9.81. The van der Waals surface area contributed by atoms with Crippen molar-refractivity contribution in [2.75, 3.05) is 20.3 Å². The van der Waals surface area contributed by atoms with Gasteiger partial charge in [0.05, 0.1) is 18.8 Å². The van der Waals surface area contributed by atoms with Crippen LogP contribution in [0.5, 0.6) is 11.5 Å². The summed E-state index contributed by atoms with van der Waals surface area (Å²) in [6, 6.07) is 14.4. The van der Waals surface area contributed by atoms with E-state index in [1.807, 2.05) is 30.3 Å². The first kappa shape index (κ1) is 19.9. The number of amides is 1. The smallest absolute Gasteiger partial charge is 0.264 e. The van der Waals surface area contributed by atoms with Gasteiger partial charge in [-0.25, -0.2) is 0 Å². The molecule has 1 saturated heterocycles. The number of ether oxygens (including phenoxy) is 3. The zero-order valence-corrected chi connectivity index (χ0v) is 16.7. The van der Waals surface area contributed by atoms with Crippen LogP contribution < -0.4 is 14.8 Å². The zero-order chi connectivity index (χ0) is 20.8. The molecular formula is C22H23N3O5. The van der Waals surface area contributed by atoms with E-state index < -0.39 is 0 Å². The minimum absolute atomic E-state index is 0.0547. The third-order valence-electron chi connectivity index (χ3n) is 4.81. The quantitative estimate of drug-likeness (QED) is 0.610. The number of benzene rings is 2. The van der Waals surface area contributed by atoms with E-state index in [2.05, 4.69) is 15.5 Å². The molecule has 1 aliphatic rings. The summed E-state index contributed by atoms with van der Waals surface area (Å²) in [4.78, 5) is 16.9. The molecule has 0 unspecified atom stereocenters. The van der Waals surface area contributed by atoms with Crippen LogP contribution in [0.1, 0.15) is 29.1 Å². The number of rotatable bonds is 8. The Bertz CT molecular complexity index is 980. The maximum atomic E-state index is 12.6. The standard InChI is InChI=1S/C22H23N3O5/c1-27-16-10-8-15(9-11-16)21-24-20(30-25-21)14-29-19-7-3-2-6-18(19)22(26)23-13-17-5-4-12-28-17/h2-3,6-11,17H,4-5,12-14H2,1H3,(H,23,26)/t17-/m0/s1. The van der Waals surface area contributed by atoms with E-state index in [0.29, 0.717) is 29.6 Å². The second-order valence-corrected chi connectivity index (χ2v) is 6.87. The van der Waals surface area contributed by atoms with Crippen LogP contribution in [0.15, 0.2) is 53.1 Å². The van der Waals surface area contributed by atoms with Crippen molar-refractivity contribution >= 4 is 5.91 Å². The molecule has 30 heavy (non-hydrogen) atoms. The van der Waals surface area contributed by atoms with Crippen molar-refractivity contribution in [3.63, 3.8) is 0 Å². The van der Waals surface area contributed by atoms with Crippen LogP contribution in [-0.2, 0) is 11.3 Å². The molecule has 4 rings (SSSR count). The van der Waals surface area contributed by atoms with Crippen LogP contribution in [0.4, 0.5) is 0 Å². The predicted octanol–water partition coefficient (Wildman–Crippen LogP) is 3.23. The molecule has 0 aliphatic carbocycles. The highest BCUT2D eigenvalue weighted by atomic mass is 16.5. The molecule has 1 amide bonds. The van der Waals surface area contributed by atoms with Gasteiger partial charge < -0.3 is 24.1 Å². The summed E-state index contributed by atoms with van der Waals surface area (Å²) in [5.74, 6) is 1.77. The molecule has 0 spiro atoms. The summed E-state index contributed by atoms with van der Waals surface area (Å²) in [5.41, 5.74) is 1.25. The molecule has 1 N–H and O–H groups in total. The SMILES string of the molecule is COc1ccc(-c2noc(COc3ccccc3C(=O)NC[C@@H]3CCCO3)n2)cc1. The lowest BCUT2D eigenvalue weighted by atomic mass is 10.1. The highest BCUT2D eigenvalue weighted by molar-refractivity contribution is 5.96. The summed E-state index contributed by atoms with van der Waals surface area (Å²) < 4.78 is 21.8. The summed E-state index contributed by atoms with van der Waals surface area (Å²) in [7, 11) is 1.61. The fourth-order valence-electron chi connectivity index (χ4n) is 3.20. The minimum atomic E-state index is -0.203. The normalized spacial score (nSPS) is 15.7. The fourth-order valence-corrected chi connectivity index (χ4v) is 3.20. The highest BCUT2D eigenvalue weighted by Crippen LogP contribution is 2.22. The number of nitrogens with one attached hydrogen (secondary N) is 1. The number of aromatic nitrogens is 2. The molecule has 1 aromatic heterocycles. The Morgan fingerprint density at radius 2 is 2.03 bits per heavy atom. The Labute approximate surface area is 174 Å². The number of hydrogen-bond donors (Lipinski definition) is 1. The van der Waals surface area contributed by atoms with E-state index in [1.54, 1.807) is 25.3 Å². The lowest BCUT2D eigenvalue weighted by molar-refractivity contribution is 0.0853. The monoisotopic (exact) mass is 409 g/mol. The van der Waals surface area contributed by atoms with Crippen LogP contribution in [0.2, 0.25) is 0 Å². The van der Waals surface area contributed by atoms with Crippen molar-refractivity contribution in [2.24, 2.45) is 0 Å². The van der Waals surface area contributed by atoms with Crippen molar-refractivity contribution in [1.82, 2.24) is 15.5 Å². The second-order valence-electron chi connectivity index (χ2n) is 6.87. The Kier molecular flexibility index (Phi) is 6.24. The summed E-state index contributed by atoms with van der Waals surface area (Å²) >= 11 is 0. The van der Waals surface area contributed by atoms with Gasteiger partial charge >= 0.3 is 0 Å². The molecule has 0 saturated carbocycles. The van der Waals surface area contributed by atoms with E-state index in [1.165, 1.54) is 0 Å². The number of para-hydroxylation sites is 1. The minimum Gasteiger partial charge on any atom is -0.497 e. The Morgan fingerprint density at radius 3 is 2.80 bits per heavy atom. The van der Waals surface area contributed by atoms with Crippen molar-refractivity contribution < 1.29 is 23.5 Å². The van der Waals surface area contributed by atoms with Gasteiger partial charge in [0.25, 0.3) is 11.8 Å². The lowest BCUT2D eigenvalue weighted by Gasteiger charge is -2.13. The second kappa shape index (κ2) is 9.41. The summed E-state index contributed by atoms with van der Waals surface area (Å²) in [5, 5.41) is 6.89. The van der Waals surface area contributed by atoms with Gasteiger partial charge in [-0.05, 0) is 49.2 Å². The van der Waals surface area contributed by atoms with E-state index >= 15 is 0 Å². The summed E-state index contributed by atoms with van der Waals surface area (Å²) in [6.07, 6.45) is 2.08. The molecule has 2 heterocycles. The lowest BCUT2D eigenvalue weighted by Crippen LogP contribution is -2.32. The molecule has 8 heteroatoms. The van der Waals surface area contributed by atoms with Crippen molar-refractivity contribution in [1.29, 1.82) is 0 Å². The van der Waals surface area contributed by atoms with Gasteiger partial charge in [-0.1, -0.05) is 17.3 Å². The zero-order valence-electron chi connectivity index (χ0n) is 16.7. The maximum absolute atomic E-state index is 12.6. The van der Waals surface area contributed by atoms with E-state index in [9.17, 15) is 4.79 Å². The third-order valence-corrected chi connectivity index (χ3v) is 4.81. The van der Waals surface area contributed by atoms with Gasteiger partial charge in [-0.15, -0.1) is 0 Å². The number of nitrogens with zero attached hydrogens (tertiary/aromatic N) is 2. The Morgan fingerprint density at radius 1 is 1.20 bits per heavy atom. The van der Waals surface area contributed by atoms with Crippen LogP contribution >= 0.6 is 0 Å². The molecule has 2 aromatic carbocycles. The van der Waals surface area contributed by atoms with Gasteiger partial charge in [0, 0.05) is 18.7 Å². The molecule has 0 radical (unpaired) electrons. The Hall–Kier alpha value is -3.39. The third kappa shape index (κ3) is 4.77. The molecule has 3 aromatic rings. The molecule has 156 valence electrons. The maximum Gasteiger partial charge on any atom is 0.264 e. The number of carbonyl (C=O) groups excluding carboxylic acids is 1. The average Bonchev–Trinajstić information content (AvgIpc) is 3.48. The van der Waals surface area contributed by atoms with Crippen molar-refractivity contribution in [2.45, 2.75) is 25.6 Å². The molecule has 1 fully saturated rings. The molecule has 1 aliphatic heterocycles. The van der Waals surface area contributed by atoms with E-state index in [4.69, 9.17) is 18.7 Å². The van der Waals surface area contributed by atoms with Crippen LogP contribution in [-0.4, -0.2) is 42.4 Å². The van der Waals surface area contributed by atoms with Crippen LogP contribution in [0.25, 0.3) is 11.4 Å². The first-order valence-corrected chi connectivity index (χ1v) is 9.81. The molecule has 0 bridgehead atoms. The van der Waals surface area contributed by atoms with Gasteiger partial charge in [0.1, 0.15) is 11.5 Å². The first-order chi connectivity index (χ1) is 14.7. The number of carbonyl (C=O) groups is 1. The van der Waals surface area contributed by atoms with Gasteiger partial charge in [-0.3, -0.25) is 4.79 Å². The number of hydrogen-bond acceptors (Lipinski definition) is 7. The molecule has 1 atom stereocenters. The fraction of sp³-hybridized carbons (Fsp3) is 0.318. The van der Waals surface area contributed by atoms with E-state index in [-0.39, 0.29) is 18.6 Å². The Balaban J connectivity index is 1.38. The van der Waals surface area contributed by atoms with Crippen LogP contribution in [0.3, 0.4) is 0 Å². The van der Waals surface area contributed by atoms with Gasteiger partial charge in [0.15, 0.2) is 6.61 Å².